The van der Waals surface area contributed by atoms with Gasteiger partial charge in [-0.1, -0.05) is 41.4 Å². The van der Waals surface area contributed by atoms with Crippen molar-refractivity contribution in [2.75, 3.05) is 11.9 Å². The van der Waals surface area contributed by atoms with Gasteiger partial charge in [-0.25, -0.2) is 4.79 Å². The average Bonchev–Trinajstić information content (AvgIpc) is 2.73. The minimum absolute atomic E-state index is 0.259. The number of halogens is 1. The van der Waals surface area contributed by atoms with Gasteiger partial charge in [0.15, 0.2) is 11.5 Å². The van der Waals surface area contributed by atoms with E-state index in [0.717, 1.165) is 22.4 Å². The zero-order valence-corrected chi connectivity index (χ0v) is 18.6. The van der Waals surface area contributed by atoms with Gasteiger partial charge >= 0.3 is 5.97 Å². The number of carbonyl (C=O) groups is 1. The predicted octanol–water partition coefficient (Wildman–Crippen LogP) is 6.24. The topological polar surface area (TPSA) is 67.8 Å². The van der Waals surface area contributed by atoms with E-state index in [4.69, 9.17) is 26.2 Å². The lowest BCUT2D eigenvalue weighted by molar-refractivity contribution is 0.0697. The van der Waals surface area contributed by atoms with Gasteiger partial charge in [0.1, 0.15) is 6.61 Å². The van der Waals surface area contributed by atoms with Gasteiger partial charge < -0.3 is 19.9 Å². The van der Waals surface area contributed by atoms with E-state index < -0.39 is 5.97 Å². The van der Waals surface area contributed by atoms with Crippen molar-refractivity contribution in [2.24, 2.45) is 0 Å². The summed E-state index contributed by atoms with van der Waals surface area (Å²) in [5.41, 5.74) is 5.06. The largest absolute Gasteiger partial charge is 0.490 e. The van der Waals surface area contributed by atoms with Gasteiger partial charge in [0, 0.05) is 23.3 Å². The maximum Gasteiger partial charge on any atom is 0.335 e. The second-order valence-corrected chi connectivity index (χ2v) is 7.70. The highest BCUT2D eigenvalue weighted by Crippen LogP contribution is 2.35. The molecule has 0 atom stereocenters. The number of hydrogen-bond acceptors (Lipinski definition) is 4. The first-order chi connectivity index (χ1) is 14.9. The van der Waals surface area contributed by atoms with E-state index in [0.29, 0.717) is 36.3 Å². The van der Waals surface area contributed by atoms with Gasteiger partial charge in [-0.15, -0.1) is 0 Å². The second-order valence-electron chi connectivity index (χ2n) is 7.29. The molecule has 5 nitrogen and oxygen atoms in total. The van der Waals surface area contributed by atoms with E-state index in [1.807, 2.05) is 45.0 Å². The second kappa shape index (κ2) is 10.2. The van der Waals surface area contributed by atoms with Crippen molar-refractivity contribution < 1.29 is 19.4 Å². The molecular formula is C25H26ClNO4. The molecule has 31 heavy (non-hydrogen) atoms. The van der Waals surface area contributed by atoms with E-state index >= 15 is 0 Å². The standard InChI is InChI=1S/C25H26ClNO4/c1-4-30-23-12-20(14-27-22-9-8-19(25(28)29)11-17(22)3)21(26)13-24(23)31-15-18-7-5-6-16(2)10-18/h5-13,27H,4,14-15H2,1-3H3,(H,28,29). The summed E-state index contributed by atoms with van der Waals surface area (Å²) in [6.07, 6.45) is 0. The van der Waals surface area contributed by atoms with Crippen LogP contribution in [0.25, 0.3) is 0 Å². The minimum Gasteiger partial charge on any atom is -0.490 e. The maximum atomic E-state index is 11.1. The molecule has 0 aliphatic heterocycles. The number of ether oxygens (including phenoxy) is 2. The molecule has 0 fully saturated rings. The van der Waals surface area contributed by atoms with Gasteiger partial charge in [-0.3, -0.25) is 0 Å². The summed E-state index contributed by atoms with van der Waals surface area (Å²) in [6, 6.07) is 16.8. The molecule has 0 bridgehead atoms. The highest BCUT2D eigenvalue weighted by atomic mass is 35.5. The van der Waals surface area contributed by atoms with E-state index in [1.54, 1.807) is 24.3 Å². The van der Waals surface area contributed by atoms with Crippen molar-refractivity contribution in [2.45, 2.75) is 33.9 Å². The Hall–Kier alpha value is -3.18. The highest BCUT2D eigenvalue weighted by molar-refractivity contribution is 6.31. The molecule has 0 aliphatic rings. The third-order valence-corrected chi connectivity index (χ3v) is 5.18. The van der Waals surface area contributed by atoms with Crippen molar-refractivity contribution in [1.29, 1.82) is 0 Å². The Bertz CT molecular complexity index is 1080. The third kappa shape index (κ3) is 5.92. The zero-order chi connectivity index (χ0) is 22.4. The van der Waals surface area contributed by atoms with Crippen LogP contribution in [0.4, 0.5) is 5.69 Å². The summed E-state index contributed by atoms with van der Waals surface area (Å²) < 4.78 is 11.8. The molecule has 0 unspecified atom stereocenters. The Kier molecular flexibility index (Phi) is 7.42. The summed E-state index contributed by atoms with van der Waals surface area (Å²) in [4.78, 5) is 11.1. The maximum absolute atomic E-state index is 11.1. The van der Waals surface area contributed by atoms with Crippen LogP contribution in [0, 0.1) is 13.8 Å². The number of hydrogen-bond donors (Lipinski definition) is 2. The monoisotopic (exact) mass is 439 g/mol. The number of rotatable bonds is 9. The van der Waals surface area contributed by atoms with Gasteiger partial charge in [-0.2, -0.15) is 0 Å². The molecule has 3 rings (SSSR count). The number of benzene rings is 3. The normalized spacial score (nSPS) is 10.6. The molecule has 0 radical (unpaired) electrons. The molecule has 2 N–H and O–H groups in total. The predicted molar refractivity (Wildman–Crippen MR) is 124 cm³/mol. The van der Waals surface area contributed by atoms with Crippen LogP contribution in [0.3, 0.4) is 0 Å². The molecule has 0 saturated carbocycles. The quantitative estimate of drug-likeness (QED) is 0.412. The van der Waals surface area contributed by atoms with E-state index in [-0.39, 0.29) is 5.56 Å². The smallest absolute Gasteiger partial charge is 0.335 e. The van der Waals surface area contributed by atoms with Crippen molar-refractivity contribution in [3.63, 3.8) is 0 Å². The summed E-state index contributed by atoms with van der Waals surface area (Å²) in [7, 11) is 0. The number of anilines is 1. The third-order valence-electron chi connectivity index (χ3n) is 4.83. The minimum atomic E-state index is -0.944. The molecule has 0 aromatic heterocycles. The van der Waals surface area contributed by atoms with E-state index in [1.165, 1.54) is 5.56 Å². The molecule has 0 spiro atoms. The lowest BCUT2D eigenvalue weighted by atomic mass is 10.1. The van der Waals surface area contributed by atoms with Gasteiger partial charge in [0.2, 0.25) is 0 Å². The number of carboxylic acid groups (broad SMARTS) is 1. The van der Waals surface area contributed by atoms with Crippen LogP contribution < -0.4 is 14.8 Å². The van der Waals surface area contributed by atoms with Crippen LogP contribution in [0.1, 0.15) is 39.5 Å². The number of aromatic carboxylic acids is 1. The Balaban J connectivity index is 1.75. The average molecular weight is 440 g/mol. The fourth-order valence-corrected chi connectivity index (χ4v) is 3.46. The van der Waals surface area contributed by atoms with E-state index in [2.05, 4.69) is 11.4 Å². The molecule has 3 aromatic carbocycles. The molecular weight excluding hydrogens is 414 g/mol. The van der Waals surface area contributed by atoms with Crippen LogP contribution in [0.2, 0.25) is 5.02 Å². The Morgan fingerprint density at radius 2 is 1.81 bits per heavy atom. The van der Waals surface area contributed by atoms with Crippen molar-refractivity contribution >= 4 is 23.3 Å². The Morgan fingerprint density at radius 3 is 2.48 bits per heavy atom. The van der Waals surface area contributed by atoms with Crippen LogP contribution in [-0.4, -0.2) is 17.7 Å². The first-order valence-corrected chi connectivity index (χ1v) is 10.5. The van der Waals surface area contributed by atoms with Gasteiger partial charge in [0.05, 0.1) is 12.2 Å². The van der Waals surface area contributed by atoms with Gasteiger partial charge in [-0.05, 0) is 61.7 Å². The van der Waals surface area contributed by atoms with Crippen molar-refractivity contribution in [3.05, 3.63) is 87.4 Å². The number of nitrogens with one attached hydrogen (secondary N) is 1. The number of carboxylic acids is 1. The van der Waals surface area contributed by atoms with Gasteiger partial charge in [0.25, 0.3) is 0 Å². The first-order valence-electron chi connectivity index (χ1n) is 10.1. The fraction of sp³-hybridized carbons (Fsp3) is 0.240. The van der Waals surface area contributed by atoms with Crippen LogP contribution in [0.15, 0.2) is 54.6 Å². The molecule has 162 valence electrons. The molecule has 0 aliphatic carbocycles. The molecule has 6 heteroatoms. The Morgan fingerprint density at radius 1 is 1.03 bits per heavy atom. The molecule has 0 saturated heterocycles. The van der Waals surface area contributed by atoms with E-state index in [9.17, 15) is 4.79 Å². The lowest BCUT2D eigenvalue weighted by Crippen LogP contribution is -2.05. The van der Waals surface area contributed by atoms with Crippen LogP contribution >= 0.6 is 11.6 Å². The van der Waals surface area contributed by atoms with Crippen molar-refractivity contribution in [3.8, 4) is 11.5 Å². The van der Waals surface area contributed by atoms with Crippen molar-refractivity contribution in [1.82, 2.24) is 0 Å². The van der Waals surface area contributed by atoms with Crippen LogP contribution in [0.5, 0.6) is 11.5 Å². The first kappa shape index (κ1) is 22.5. The molecule has 0 amide bonds. The molecule has 3 aromatic rings. The highest BCUT2D eigenvalue weighted by Gasteiger charge is 2.13. The summed E-state index contributed by atoms with van der Waals surface area (Å²) >= 11 is 6.53. The SMILES string of the molecule is CCOc1cc(CNc2ccc(C(=O)O)cc2C)c(Cl)cc1OCc1cccc(C)c1. The Labute approximate surface area is 187 Å². The molecule has 0 heterocycles. The summed E-state index contributed by atoms with van der Waals surface area (Å²) in [5, 5.41) is 13.0. The fourth-order valence-electron chi connectivity index (χ4n) is 3.24. The zero-order valence-electron chi connectivity index (χ0n) is 17.9. The van der Waals surface area contributed by atoms with Crippen LogP contribution in [-0.2, 0) is 13.2 Å². The lowest BCUT2D eigenvalue weighted by Gasteiger charge is -2.16. The summed E-state index contributed by atoms with van der Waals surface area (Å²) in [5.74, 6) is 0.286. The number of aryl methyl sites for hydroxylation is 2. The summed E-state index contributed by atoms with van der Waals surface area (Å²) in [6.45, 7) is 7.22.